The van der Waals surface area contributed by atoms with E-state index in [4.69, 9.17) is 9.47 Å². The molecule has 1 amide bonds. The molecule has 0 spiro atoms. The number of amides is 1. The lowest BCUT2D eigenvalue weighted by atomic mass is 10.3. The van der Waals surface area contributed by atoms with Crippen LogP contribution in [0.5, 0.6) is 5.75 Å². The quantitative estimate of drug-likeness (QED) is 0.755. The van der Waals surface area contributed by atoms with Crippen molar-refractivity contribution >= 4 is 27.3 Å². The Morgan fingerprint density at radius 1 is 1.26 bits per heavy atom. The monoisotopic (exact) mass is 410 g/mol. The first-order valence-corrected chi connectivity index (χ1v) is 10.9. The van der Waals surface area contributed by atoms with Gasteiger partial charge in [0.05, 0.1) is 24.2 Å². The molecule has 7 nitrogen and oxygen atoms in total. The average molecular weight is 411 g/mol. The van der Waals surface area contributed by atoms with Crippen LogP contribution in [0.15, 0.2) is 46.7 Å². The number of rotatable bonds is 7. The number of nitrogens with zero attached hydrogens (tertiary/aromatic N) is 1. The Morgan fingerprint density at radius 2 is 1.96 bits per heavy atom. The Kier molecular flexibility index (Phi) is 6.48. The van der Waals surface area contributed by atoms with Gasteiger partial charge in [-0.2, -0.15) is 4.31 Å². The number of hydrogen-bond donors (Lipinski definition) is 1. The second-order valence-electron chi connectivity index (χ2n) is 6.08. The summed E-state index contributed by atoms with van der Waals surface area (Å²) < 4.78 is 37.2. The van der Waals surface area contributed by atoms with Crippen LogP contribution < -0.4 is 10.1 Å². The SMILES string of the molecule is C[C@@H](NC(=O)COc1ccc(S(=O)(=O)N2CCOCC2)cc1)c1cccs1. The van der Waals surface area contributed by atoms with Crippen LogP contribution in [0.1, 0.15) is 17.8 Å². The lowest BCUT2D eigenvalue weighted by Gasteiger charge is -2.26. The van der Waals surface area contributed by atoms with Gasteiger partial charge in [0.15, 0.2) is 6.61 Å². The smallest absolute Gasteiger partial charge is 0.258 e. The summed E-state index contributed by atoms with van der Waals surface area (Å²) in [7, 11) is -3.53. The third-order valence-electron chi connectivity index (χ3n) is 4.15. The van der Waals surface area contributed by atoms with Crippen LogP contribution in [-0.2, 0) is 19.6 Å². The second-order valence-corrected chi connectivity index (χ2v) is 9.00. The number of benzene rings is 1. The summed E-state index contributed by atoms with van der Waals surface area (Å²) in [5.74, 6) is 0.204. The zero-order valence-corrected chi connectivity index (χ0v) is 16.6. The average Bonchev–Trinajstić information content (AvgIpc) is 3.22. The van der Waals surface area contributed by atoms with Crippen molar-refractivity contribution in [2.24, 2.45) is 0 Å². The van der Waals surface area contributed by atoms with Crippen LogP contribution in [0.4, 0.5) is 0 Å². The number of nitrogens with one attached hydrogen (secondary N) is 1. The van der Waals surface area contributed by atoms with Gasteiger partial charge >= 0.3 is 0 Å². The third-order valence-corrected chi connectivity index (χ3v) is 7.12. The van der Waals surface area contributed by atoms with Gasteiger partial charge in [0, 0.05) is 18.0 Å². The lowest BCUT2D eigenvalue weighted by Crippen LogP contribution is -2.40. The Hall–Kier alpha value is -1.94. The minimum atomic E-state index is -3.53. The molecule has 1 aromatic heterocycles. The molecule has 1 N–H and O–H groups in total. The van der Waals surface area contributed by atoms with Crippen LogP contribution in [-0.4, -0.2) is 51.5 Å². The molecule has 1 aromatic carbocycles. The highest BCUT2D eigenvalue weighted by Gasteiger charge is 2.26. The summed E-state index contributed by atoms with van der Waals surface area (Å²) in [6.07, 6.45) is 0. The first-order valence-electron chi connectivity index (χ1n) is 8.60. The molecule has 2 aromatic rings. The minimum absolute atomic E-state index is 0.0814. The number of carbonyl (C=O) groups is 1. The van der Waals surface area contributed by atoms with E-state index in [1.54, 1.807) is 23.5 Å². The van der Waals surface area contributed by atoms with Crippen molar-refractivity contribution in [1.82, 2.24) is 9.62 Å². The zero-order chi connectivity index (χ0) is 19.3. The van der Waals surface area contributed by atoms with E-state index >= 15 is 0 Å². The van der Waals surface area contributed by atoms with E-state index in [0.29, 0.717) is 32.1 Å². The molecular weight excluding hydrogens is 388 g/mol. The molecule has 0 saturated carbocycles. The molecule has 1 aliphatic heterocycles. The van der Waals surface area contributed by atoms with Crippen molar-refractivity contribution in [3.05, 3.63) is 46.7 Å². The highest BCUT2D eigenvalue weighted by Crippen LogP contribution is 2.21. The van der Waals surface area contributed by atoms with Crippen molar-refractivity contribution in [2.45, 2.75) is 17.9 Å². The van der Waals surface area contributed by atoms with Crippen molar-refractivity contribution in [1.29, 1.82) is 0 Å². The normalized spacial score (nSPS) is 16.6. The van der Waals surface area contributed by atoms with Crippen LogP contribution in [0.3, 0.4) is 0 Å². The summed E-state index contributed by atoms with van der Waals surface area (Å²) in [4.78, 5) is 13.3. The third kappa shape index (κ3) is 5.07. The Labute approximate surface area is 163 Å². The van der Waals surface area contributed by atoms with Crippen molar-refractivity contribution < 1.29 is 22.7 Å². The predicted octanol–water partition coefficient (Wildman–Crippen LogP) is 2.03. The summed E-state index contributed by atoms with van der Waals surface area (Å²) in [5, 5.41) is 4.82. The molecule has 0 bridgehead atoms. The van der Waals surface area contributed by atoms with Crippen molar-refractivity contribution in [3.63, 3.8) is 0 Å². The fourth-order valence-corrected chi connectivity index (χ4v) is 4.83. The number of ether oxygens (including phenoxy) is 2. The number of sulfonamides is 1. The summed E-state index contributed by atoms with van der Waals surface area (Å²) in [6, 6.07) is 9.92. The largest absolute Gasteiger partial charge is 0.484 e. The Bertz CT molecular complexity index is 844. The Morgan fingerprint density at radius 3 is 2.59 bits per heavy atom. The van der Waals surface area contributed by atoms with Gasteiger partial charge in [-0.15, -0.1) is 11.3 Å². The zero-order valence-electron chi connectivity index (χ0n) is 15.0. The first kappa shape index (κ1) is 19.8. The van der Waals surface area contributed by atoms with Crippen LogP contribution in [0, 0.1) is 0 Å². The van der Waals surface area contributed by atoms with Crippen LogP contribution >= 0.6 is 11.3 Å². The van der Waals surface area contributed by atoms with Gasteiger partial charge in [-0.25, -0.2) is 8.42 Å². The summed E-state index contributed by atoms with van der Waals surface area (Å²) in [6.45, 7) is 3.28. The van der Waals surface area contributed by atoms with Gasteiger partial charge in [0.1, 0.15) is 5.75 Å². The molecule has 0 aliphatic carbocycles. The van der Waals surface area contributed by atoms with Crippen molar-refractivity contribution in [3.8, 4) is 5.75 Å². The topological polar surface area (TPSA) is 84.9 Å². The van der Waals surface area contributed by atoms with Gasteiger partial charge in [-0.05, 0) is 42.6 Å². The summed E-state index contributed by atoms with van der Waals surface area (Å²) in [5.41, 5.74) is 0. The lowest BCUT2D eigenvalue weighted by molar-refractivity contribution is -0.123. The number of morpholine rings is 1. The molecule has 0 radical (unpaired) electrons. The molecule has 1 fully saturated rings. The van der Waals surface area contributed by atoms with Crippen molar-refractivity contribution in [2.75, 3.05) is 32.9 Å². The Balaban J connectivity index is 1.53. The van der Waals surface area contributed by atoms with Crippen LogP contribution in [0.25, 0.3) is 0 Å². The minimum Gasteiger partial charge on any atom is -0.484 e. The fraction of sp³-hybridized carbons (Fsp3) is 0.389. The molecule has 0 unspecified atom stereocenters. The van der Waals surface area contributed by atoms with Gasteiger partial charge < -0.3 is 14.8 Å². The van der Waals surface area contributed by atoms with Gasteiger partial charge in [0.25, 0.3) is 5.91 Å². The maximum Gasteiger partial charge on any atom is 0.258 e. The maximum atomic E-state index is 12.6. The number of thiophene rings is 1. The van der Waals surface area contributed by atoms with E-state index in [1.165, 1.54) is 16.4 Å². The predicted molar refractivity (Wildman–Crippen MR) is 102 cm³/mol. The summed E-state index contributed by atoms with van der Waals surface area (Å²) >= 11 is 1.58. The first-order chi connectivity index (χ1) is 13.0. The molecule has 1 aliphatic rings. The van der Waals surface area contributed by atoms with Gasteiger partial charge in [-0.3, -0.25) is 4.79 Å². The molecule has 9 heteroatoms. The van der Waals surface area contributed by atoms with Gasteiger partial charge in [-0.1, -0.05) is 6.07 Å². The molecular formula is C18H22N2O5S2. The highest BCUT2D eigenvalue weighted by atomic mass is 32.2. The number of carbonyl (C=O) groups excluding carboxylic acids is 1. The fourth-order valence-electron chi connectivity index (χ4n) is 2.68. The van der Waals surface area contributed by atoms with E-state index in [-0.39, 0.29) is 23.5 Å². The van der Waals surface area contributed by atoms with E-state index in [0.717, 1.165) is 4.88 Å². The van der Waals surface area contributed by atoms with Gasteiger partial charge in [0.2, 0.25) is 10.0 Å². The molecule has 1 saturated heterocycles. The van der Waals surface area contributed by atoms with E-state index in [1.807, 2.05) is 24.4 Å². The molecule has 27 heavy (non-hydrogen) atoms. The number of hydrogen-bond acceptors (Lipinski definition) is 6. The van der Waals surface area contributed by atoms with E-state index in [2.05, 4.69) is 5.32 Å². The van der Waals surface area contributed by atoms with Crippen LogP contribution in [0.2, 0.25) is 0 Å². The van der Waals surface area contributed by atoms with E-state index in [9.17, 15) is 13.2 Å². The molecule has 2 heterocycles. The second kappa shape index (κ2) is 8.83. The maximum absolute atomic E-state index is 12.6. The standard InChI is InChI=1S/C18H22N2O5S2/c1-14(17-3-2-12-26-17)19-18(21)13-25-15-4-6-16(7-5-15)27(22,23)20-8-10-24-11-9-20/h2-7,12,14H,8-11,13H2,1H3,(H,19,21)/t14-/m1/s1. The molecule has 146 valence electrons. The molecule has 3 rings (SSSR count). The van der Waals surface area contributed by atoms with E-state index < -0.39 is 10.0 Å². The molecule has 1 atom stereocenters. The highest BCUT2D eigenvalue weighted by molar-refractivity contribution is 7.89.